The van der Waals surface area contributed by atoms with Gasteiger partial charge in [-0.2, -0.15) is 0 Å². The van der Waals surface area contributed by atoms with Crippen molar-refractivity contribution >= 4 is 11.4 Å². The Hall–Kier alpha value is -4.88. The third-order valence-corrected chi connectivity index (χ3v) is 7.74. The molecule has 0 saturated carbocycles. The van der Waals surface area contributed by atoms with E-state index in [-0.39, 0.29) is 0 Å². The molecule has 1 heteroatoms. The van der Waals surface area contributed by atoms with Crippen molar-refractivity contribution < 1.29 is 0 Å². The average Bonchev–Trinajstić information content (AvgIpc) is 3.30. The SMILES string of the molecule is c1ccc(-c2cccc(Nc3ccccc3C3(c4ccccc4)c4ccccc4-c4ccccc43)c2)cc1. The van der Waals surface area contributed by atoms with Crippen LogP contribution in [0.3, 0.4) is 0 Å². The summed E-state index contributed by atoms with van der Waals surface area (Å²) < 4.78 is 0. The zero-order valence-electron chi connectivity index (χ0n) is 21.0. The highest BCUT2D eigenvalue weighted by Gasteiger charge is 2.46. The molecule has 0 heterocycles. The molecule has 0 aromatic heterocycles. The zero-order valence-corrected chi connectivity index (χ0v) is 21.0. The molecule has 38 heavy (non-hydrogen) atoms. The summed E-state index contributed by atoms with van der Waals surface area (Å²) in [5, 5.41) is 3.82. The molecule has 0 aliphatic heterocycles. The van der Waals surface area contributed by atoms with Crippen LogP contribution >= 0.6 is 0 Å². The van der Waals surface area contributed by atoms with Crippen LogP contribution in [0.5, 0.6) is 0 Å². The molecule has 0 radical (unpaired) electrons. The zero-order chi connectivity index (χ0) is 25.4. The maximum absolute atomic E-state index is 3.82. The number of fused-ring (bicyclic) bond motifs is 3. The normalized spacial score (nSPS) is 12.9. The largest absolute Gasteiger partial charge is 0.355 e. The predicted octanol–water partition coefficient (Wildman–Crippen LogP) is 9.46. The Morgan fingerprint density at radius 1 is 0.395 bits per heavy atom. The van der Waals surface area contributed by atoms with Crippen molar-refractivity contribution in [2.24, 2.45) is 0 Å². The summed E-state index contributed by atoms with van der Waals surface area (Å²) in [5.74, 6) is 0. The second-order valence-electron chi connectivity index (χ2n) is 9.82. The number of nitrogens with one attached hydrogen (secondary N) is 1. The van der Waals surface area contributed by atoms with Crippen molar-refractivity contribution in [2.45, 2.75) is 5.41 Å². The molecule has 6 aromatic rings. The maximum atomic E-state index is 3.82. The average molecular weight is 486 g/mol. The van der Waals surface area contributed by atoms with Crippen LogP contribution < -0.4 is 5.32 Å². The van der Waals surface area contributed by atoms with Gasteiger partial charge in [0.25, 0.3) is 0 Å². The monoisotopic (exact) mass is 485 g/mol. The summed E-state index contributed by atoms with van der Waals surface area (Å²) in [7, 11) is 0. The Morgan fingerprint density at radius 2 is 0.921 bits per heavy atom. The highest BCUT2D eigenvalue weighted by molar-refractivity contribution is 5.88. The molecule has 0 atom stereocenters. The van der Waals surface area contributed by atoms with E-state index in [1.54, 1.807) is 0 Å². The van der Waals surface area contributed by atoms with Crippen LogP contribution in [-0.4, -0.2) is 0 Å². The molecule has 1 aliphatic carbocycles. The summed E-state index contributed by atoms with van der Waals surface area (Å²) in [4.78, 5) is 0. The van der Waals surface area contributed by atoms with Gasteiger partial charge in [-0.3, -0.25) is 0 Å². The number of benzene rings is 6. The Kier molecular flexibility index (Phi) is 5.41. The van der Waals surface area contributed by atoms with Crippen molar-refractivity contribution in [1.29, 1.82) is 0 Å². The molecule has 0 unspecified atom stereocenters. The Morgan fingerprint density at radius 3 is 1.61 bits per heavy atom. The van der Waals surface area contributed by atoms with Gasteiger partial charge in [-0.15, -0.1) is 0 Å². The van der Waals surface area contributed by atoms with Gasteiger partial charge in [-0.1, -0.05) is 140 Å². The van der Waals surface area contributed by atoms with Crippen LogP contribution in [0.2, 0.25) is 0 Å². The van der Waals surface area contributed by atoms with Gasteiger partial charge < -0.3 is 5.32 Å². The summed E-state index contributed by atoms with van der Waals surface area (Å²) in [5.41, 5.74) is 11.9. The van der Waals surface area contributed by atoms with Crippen LogP contribution in [0.4, 0.5) is 11.4 Å². The number of anilines is 2. The third kappa shape index (κ3) is 3.48. The molecular formula is C37H27N. The predicted molar refractivity (Wildman–Crippen MR) is 159 cm³/mol. The number of rotatable bonds is 5. The smallest absolute Gasteiger partial charge is 0.0733 e. The lowest BCUT2D eigenvalue weighted by Crippen LogP contribution is -2.29. The lowest BCUT2D eigenvalue weighted by Gasteiger charge is -2.35. The second kappa shape index (κ2) is 9.21. The molecule has 6 aromatic carbocycles. The molecule has 0 amide bonds. The highest BCUT2D eigenvalue weighted by Crippen LogP contribution is 2.57. The fourth-order valence-electron chi connectivity index (χ4n) is 6.16. The Labute approximate surface area is 224 Å². The lowest BCUT2D eigenvalue weighted by molar-refractivity contribution is 0.771. The molecule has 0 fully saturated rings. The van der Waals surface area contributed by atoms with Crippen LogP contribution in [0.25, 0.3) is 22.3 Å². The van der Waals surface area contributed by atoms with E-state index in [2.05, 4.69) is 163 Å². The molecule has 0 bridgehead atoms. The summed E-state index contributed by atoms with van der Waals surface area (Å²) >= 11 is 0. The van der Waals surface area contributed by atoms with E-state index < -0.39 is 5.41 Å². The van der Waals surface area contributed by atoms with Crippen LogP contribution in [0.1, 0.15) is 22.3 Å². The minimum Gasteiger partial charge on any atom is -0.355 e. The van der Waals surface area contributed by atoms with Crippen molar-refractivity contribution in [3.63, 3.8) is 0 Å². The maximum Gasteiger partial charge on any atom is 0.0733 e. The van der Waals surface area contributed by atoms with E-state index in [9.17, 15) is 0 Å². The van der Waals surface area contributed by atoms with Gasteiger partial charge in [0, 0.05) is 11.4 Å². The van der Waals surface area contributed by atoms with Gasteiger partial charge in [0.15, 0.2) is 0 Å². The first-order valence-electron chi connectivity index (χ1n) is 13.1. The van der Waals surface area contributed by atoms with Gasteiger partial charge in [0.2, 0.25) is 0 Å². The first-order valence-corrected chi connectivity index (χ1v) is 13.1. The van der Waals surface area contributed by atoms with E-state index in [0.29, 0.717) is 0 Å². The molecular weight excluding hydrogens is 458 g/mol. The van der Waals surface area contributed by atoms with Crippen LogP contribution in [0.15, 0.2) is 158 Å². The quantitative estimate of drug-likeness (QED) is 0.256. The number of hydrogen-bond donors (Lipinski definition) is 1. The number of para-hydroxylation sites is 1. The standard InChI is InChI=1S/C37H27N/c1-3-14-27(15-4-1)28-16-13-19-30(26-28)38-36-25-12-11-24-35(36)37(29-17-5-2-6-18-29)33-22-9-7-20-31(33)32-21-8-10-23-34(32)37/h1-26,38H. The third-order valence-electron chi connectivity index (χ3n) is 7.74. The van der Waals surface area contributed by atoms with Gasteiger partial charge in [-0.25, -0.2) is 0 Å². The molecule has 0 spiro atoms. The topological polar surface area (TPSA) is 12.0 Å². The first kappa shape index (κ1) is 22.3. The molecule has 1 aliphatic rings. The lowest BCUT2D eigenvalue weighted by atomic mass is 9.67. The highest BCUT2D eigenvalue weighted by atomic mass is 14.9. The van der Waals surface area contributed by atoms with Crippen LogP contribution in [-0.2, 0) is 5.41 Å². The molecule has 1 nitrogen and oxygen atoms in total. The summed E-state index contributed by atoms with van der Waals surface area (Å²) in [6.07, 6.45) is 0. The Bertz CT molecular complexity index is 1690. The van der Waals surface area contributed by atoms with E-state index >= 15 is 0 Å². The van der Waals surface area contributed by atoms with Crippen molar-refractivity contribution in [2.75, 3.05) is 5.32 Å². The van der Waals surface area contributed by atoms with E-state index in [0.717, 1.165) is 11.4 Å². The van der Waals surface area contributed by atoms with Gasteiger partial charge >= 0.3 is 0 Å². The fraction of sp³-hybridized carbons (Fsp3) is 0.0270. The van der Waals surface area contributed by atoms with E-state index in [1.165, 1.54) is 44.5 Å². The molecule has 7 rings (SSSR count). The summed E-state index contributed by atoms with van der Waals surface area (Å²) in [6.45, 7) is 0. The minimum atomic E-state index is -0.435. The van der Waals surface area contributed by atoms with Gasteiger partial charge in [-0.05, 0) is 62.7 Å². The summed E-state index contributed by atoms with van der Waals surface area (Å²) in [6, 6.07) is 56.7. The number of hydrogen-bond acceptors (Lipinski definition) is 1. The second-order valence-corrected chi connectivity index (χ2v) is 9.82. The van der Waals surface area contributed by atoms with Crippen molar-refractivity contribution in [1.82, 2.24) is 0 Å². The fourth-order valence-corrected chi connectivity index (χ4v) is 6.16. The molecule has 180 valence electrons. The minimum absolute atomic E-state index is 0.435. The van der Waals surface area contributed by atoms with Crippen molar-refractivity contribution in [3.8, 4) is 22.3 Å². The van der Waals surface area contributed by atoms with Gasteiger partial charge in [0.05, 0.1) is 5.41 Å². The van der Waals surface area contributed by atoms with Crippen molar-refractivity contribution in [3.05, 3.63) is 180 Å². The van der Waals surface area contributed by atoms with E-state index in [1.807, 2.05) is 0 Å². The molecule has 1 N–H and O–H groups in total. The first-order chi connectivity index (χ1) is 18.9. The Balaban J connectivity index is 1.45. The van der Waals surface area contributed by atoms with Gasteiger partial charge in [0.1, 0.15) is 0 Å². The van der Waals surface area contributed by atoms with E-state index in [4.69, 9.17) is 0 Å². The molecule has 0 saturated heterocycles. The van der Waals surface area contributed by atoms with Crippen LogP contribution in [0, 0.1) is 0 Å².